The van der Waals surface area contributed by atoms with Gasteiger partial charge in [-0.15, -0.1) is 0 Å². The maximum Gasteiger partial charge on any atom is 0.0843 e. The molecule has 0 fully saturated rings. The average molecular weight is 438 g/mol. The van der Waals surface area contributed by atoms with Crippen LogP contribution in [0.15, 0.2) is 78.9 Å². The van der Waals surface area contributed by atoms with Gasteiger partial charge in [-0.3, -0.25) is 0 Å². The number of hydrogen-bond donors (Lipinski definition) is 2. The van der Waals surface area contributed by atoms with Gasteiger partial charge >= 0.3 is 0 Å². The van der Waals surface area contributed by atoms with E-state index in [4.69, 9.17) is 4.98 Å². The van der Waals surface area contributed by atoms with Gasteiger partial charge in [-0.25, -0.2) is 4.98 Å². The summed E-state index contributed by atoms with van der Waals surface area (Å²) in [5, 5.41) is 22.4. The Kier molecular flexibility index (Phi) is 6.73. The minimum atomic E-state index is -0.901. The van der Waals surface area contributed by atoms with E-state index in [1.54, 1.807) is 13.8 Å². The molecule has 1 unspecified atom stereocenters. The molecule has 1 heterocycles. The third kappa shape index (κ3) is 5.75. The number of aliphatic hydroxyl groups is 2. The van der Waals surface area contributed by atoms with Crippen LogP contribution in [0.5, 0.6) is 0 Å². The van der Waals surface area contributed by atoms with E-state index in [1.807, 2.05) is 66.7 Å². The van der Waals surface area contributed by atoms with Crippen molar-refractivity contribution in [3.05, 3.63) is 112 Å². The lowest BCUT2D eigenvalue weighted by Crippen LogP contribution is -2.18. The first-order valence-corrected chi connectivity index (χ1v) is 11.4. The third-order valence-electron chi connectivity index (χ3n) is 5.97. The zero-order chi connectivity index (χ0) is 23.4. The fourth-order valence-electron chi connectivity index (χ4n) is 4.18. The first kappa shape index (κ1) is 22.9. The summed E-state index contributed by atoms with van der Waals surface area (Å²) < 4.78 is 0. The van der Waals surface area contributed by atoms with Crippen molar-refractivity contribution in [3.8, 4) is 0 Å². The van der Waals surface area contributed by atoms with Crippen LogP contribution in [0.25, 0.3) is 23.1 Å². The summed E-state index contributed by atoms with van der Waals surface area (Å²) in [6, 6.07) is 26.3. The fourth-order valence-corrected chi connectivity index (χ4v) is 4.18. The quantitative estimate of drug-likeness (QED) is 0.342. The Bertz CT molecular complexity index is 1280. The van der Waals surface area contributed by atoms with Crippen molar-refractivity contribution in [3.63, 3.8) is 0 Å². The van der Waals surface area contributed by atoms with E-state index in [9.17, 15) is 10.2 Å². The van der Waals surface area contributed by atoms with Gasteiger partial charge in [0.05, 0.1) is 22.9 Å². The van der Waals surface area contributed by atoms with Crippen LogP contribution in [0.4, 0.5) is 0 Å². The van der Waals surface area contributed by atoms with Gasteiger partial charge in [-0.2, -0.15) is 0 Å². The van der Waals surface area contributed by atoms with E-state index < -0.39 is 11.7 Å². The van der Waals surface area contributed by atoms with Crippen molar-refractivity contribution in [2.24, 2.45) is 0 Å². The summed E-state index contributed by atoms with van der Waals surface area (Å²) in [4.78, 5) is 4.74. The number of aryl methyl sites for hydroxylation is 2. The van der Waals surface area contributed by atoms with Crippen molar-refractivity contribution in [2.45, 2.75) is 45.3 Å². The lowest BCUT2D eigenvalue weighted by Gasteiger charge is -2.22. The van der Waals surface area contributed by atoms with E-state index >= 15 is 0 Å². The molecule has 1 atom stereocenters. The van der Waals surface area contributed by atoms with Crippen LogP contribution in [-0.2, 0) is 12.0 Å². The predicted octanol–water partition coefficient (Wildman–Crippen LogP) is 6.61. The molecule has 0 bridgehead atoms. The highest BCUT2D eigenvalue weighted by atomic mass is 16.3. The Labute approximate surface area is 196 Å². The predicted molar refractivity (Wildman–Crippen MR) is 137 cm³/mol. The highest BCUT2D eigenvalue weighted by Crippen LogP contribution is 2.27. The minimum Gasteiger partial charge on any atom is -0.388 e. The van der Waals surface area contributed by atoms with Crippen LogP contribution < -0.4 is 0 Å². The van der Waals surface area contributed by atoms with Gasteiger partial charge in [0, 0.05) is 5.39 Å². The first-order chi connectivity index (χ1) is 15.8. The molecule has 1 aromatic heterocycles. The number of aromatic nitrogens is 1. The van der Waals surface area contributed by atoms with E-state index in [0.717, 1.165) is 38.9 Å². The van der Waals surface area contributed by atoms with Crippen molar-refractivity contribution in [2.75, 3.05) is 0 Å². The molecule has 0 saturated carbocycles. The van der Waals surface area contributed by atoms with Gasteiger partial charge in [0.25, 0.3) is 0 Å². The Morgan fingerprint density at radius 3 is 2.52 bits per heavy atom. The smallest absolute Gasteiger partial charge is 0.0843 e. The molecule has 0 spiro atoms. The third-order valence-corrected chi connectivity index (χ3v) is 5.97. The summed E-state index contributed by atoms with van der Waals surface area (Å²) in [6.07, 6.45) is 4.75. The maximum atomic E-state index is 10.8. The van der Waals surface area contributed by atoms with Crippen molar-refractivity contribution in [1.29, 1.82) is 0 Å². The van der Waals surface area contributed by atoms with Crippen LogP contribution >= 0.6 is 0 Å². The largest absolute Gasteiger partial charge is 0.388 e. The van der Waals surface area contributed by atoms with Crippen molar-refractivity contribution < 1.29 is 10.2 Å². The molecule has 2 N–H and O–H groups in total. The molecule has 3 heteroatoms. The van der Waals surface area contributed by atoms with Crippen LogP contribution in [0, 0.1) is 6.92 Å². The molecular formula is C30H31NO2. The molecule has 0 radical (unpaired) electrons. The highest BCUT2D eigenvalue weighted by molar-refractivity contribution is 5.81. The van der Waals surface area contributed by atoms with Gasteiger partial charge in [-0.05, 0) is 85.7 Å². The Balaban J connectivity index is 1.47. The lowest BCUT2D eigenvalue weighted by molar-refractivity contribution is 0.0772. The Hall–Kier alpha value is -3.27. The second-order valence-electron chi connectivity index (χ2n) is 9.21. The van der Waals surface area contributed by atoms with E-state index in [-0.39, 0.29) is 0 Å². The second kappa shape index (κ2) is 9.70. The Morgan fingerprint density at radius 2 is 1.70 bits per heavy atom. The van der Waals surface area contributed by atoms with E-state index in [1.165, 1.54) is 5.56 Å². The number of hydrogen-bond acceptors (Lipinski definition) is 3. The molecular weight excluding hydrogens is 406 g/mol. The molecule has 3 aromatic carbocycles. The number of benzene rings is 3. The number of aliphatic hydroxyl groups excluding tert-OH is 1. The van der Waals surface area contributed by atoms with Gasteiger partial charge in [0.2, 0.25) is 0 Å². The normalized spacial score (nSPS) is 13.0. The van der Waals surface area contributed by atoms with Gasteiger partial charge < -0.3 is 10.2 Å². The summed E-state index contributed by atoms with van der Waals surface area (Å²) in [7, 11) is 0. The first-order valence-electron chi connectivity index (χ1n) is 11.4. The summed E-state index contributed by atoms with van der Waals surface area (Å²) in [5.41, 5.74) is 6.08. The SMILES string of the molecule is Cc1ccc2ccc(C=Cc3cccc(C(O)CCc4ccccc4C(C)(C)O)c3)nc2c1. The van der Waals surface area contributed by atoms with Gasteiger partial charge in [0.1, 0.15) is 0 Å². The van der Waals surface area contributed by atoms with Crippen molar-refractivity contribution in [1.82, 2.24) is 4.98 Å². The van der Waals surface area contributed by atoms with Crippen LogP contribution in [0.2, 0.25) is 0 Å². The standard InChI is InChI=1S/C30H31NO2/c1-21-11-13-24-14-17-26(31-28(24)19-21)16-12-22-7-6-9-25(20-22)29(32)18-15-23-8-4-5-10-27(23)30(2,3)33/h4-14,16-17,19-20,29,32-33H,15,18H2,1-3H3. The molecule has 168 valence electrons. The topological polar surface area (TPSA) is 53.4 Å². The maximum absolute atomic E-state index is 10.8. The molecule has 0 aliphatic heterocycles. The second-order valence-corrected chi connectivity index (χ2v) is 9.21. The number of nitrogens with zero attached hydrogens (tertiary/aromatic N) is 1. The van der Waals surface area contributed by atoms with Crippen molar-refractivity contribution >= 4 is 23.1 Å². The molecule has 0 aliphatic rings. The zero-order valence-corrected chi connectivity index (χ0v) is 19.5. The fraction of sp³-hybridized carbons (Fsp3) is 0.233. The van der Waals surface area contributed by atoms with Gasteiger partial charge in [0.15, 0.2) is 0 Å². The zero-order valence-electron chi connectivity index (χ0n) is 19.5. The molecule has 0 saturated heterocycles. The van der Waals surface area contributed by atoms with E-state index in [0.29, 0.717) is 12.8 Å². The summed E-state index contributed by atoms with van der Waals surface area (Å²) in [6.45, 7) is 5.66. The number of fused-ring (bicyclic) bond motifs is 1. The number of pyridine rings is 1. The Morgan fingerprint density at radius 1 is 0.909 bits per heavy atom. The van der Waals surface area contributed by atoms with Crippen LogP contribution in [0.1, 0.15) is 59.9 Å². The summed E-state index contributed by atoms with van der Waals surface area (Å²) >= 11 is 0. The monoisotopic (exact) mass is 437 g/mol. The van der Waals surface area contributed by atoms with E-state index in [2.05, 4.69) is 31.2 Å². The molecule has 0 amide bonds. The van der Waals surface area contributed by atoms with Crippen LogP contribution in [-0.4, -0.2) is 15.2 Å². The molecule has 4 aromatic rings. The summed E-state index contributed by atoms with van der Waals surface area (Å²) in [5.74, 6) is 0. The average Bonchev–Trinajstić information content (AvgIpc) is 2.80. The molecule has 4 rings (SSSR count). The highest BCUT2D eigenvalue weighted by Gasteiger charge is 2.20. The molecule has 0 aliphatic carbocycles. The molecule has 33 heavy (non-hydrogen) atoms. The van der Waals surface area contributed by atoms with Gasteiger partial charge in [-0.1, -0.05) is 66.7 Å². The minimum absolute atomic E-state index is 0.574. The number of rotatable bonds is 7. The lowest BCUT2D eigenvalue weighted by atomic mass is 9.90. The van der Waals surface area contributed by atoms with Crippen LogP contribution in [0.3, 0.4) is 0 Å². The molecule has 3 nitrogen and oxygen atoms in total.